The first-order valence-electron chi connectivity index (χ1n) is 8.69. The van der Waals surface area contributed by atoms with Crippen LogP contribution in [0.15, 0.2) is 12.2 Å². The summed E-state index contributed by atoms with van der Waals surface area (Å²) in [6, 6.07) is 0. The van der Waals surface area contributed by atoms with E-state index < -0.39 is 11.9 Å². The van der Waals surface area contributed by atoms with Gasteiger partial charge in [0.1, 0.15) is 6.10 Å². The van der Waals surface area contributed by atoms with Crippen molar-refractivity contribution >= 4 is 11.9 Å². The van der Waals surface area contributed by atoms with Gasteiger partial charge < -0.3 is 9.47 Å². The third kappa shape index (κ3) is 12.4. The number of esters is 2. The maximum atomic E-state index is 11.6. The normalized spacial score (nSPS) is 11.1. The summed E-state index contributed by atoms with van der Waals surface area (Å²) >= 11 is 0. The summed E-state index contributed by atoms with van der Waals surface area (Å²) < 4.78 is 10.4. The first-order chi connectivity index (χ1) is 10.6. The molecule has 22 heavy (non-hydrogen) atoms. The van der Waals surface area contributed by atoms with Crippen LogP contribution in [0, 0.1) is 0 Å². The molecule has 0 aromatic rings. The number of hydrogen-bond acceptors (Lipinski definition) is 4. The minimum atomic E-state index is -0.477. The molecule has 0 bridgehead atoms. The maximum Gasteiger partial charge on any atom is 0.331 e. The Labute approximate surface area is 135 Å². The summed E-state index contributed by atoms with van der Waals surface area (Å²) in [5.74, 6) is -0.943. The molecule has 0 aromatic heterocycles. The quantitative estimate of drug-likeness (QED) is 0.284. The Morgan fingerprint density at radius 1 is 0.818 bits per heavy atom. The fourth-order valence-corrected chi connectivity index (χ4v) is 2.17. The Kier molecular flexibility index (Phi) is 13.7. The molecule has 0 saturated heterocycles. The van der Waals surface area contributed by atoms with Crippen LogP contribution in [0.25, 0.3) is 0 Å². The molecule has 128 valence electrons. The second kappa shape index (κ2) is 14.6. The molecule has 4 nitrogen and oxygen atoms in total. The van der Waals surface area contributed by atoms with Gasteiger partial charge in [-0.2, -0.15) is 0 Å². The molecule has 0 radical (unpaired) electrons. The average molecular weight is 312 g/mol. The number of carbonyl (C=O) groups excluding carboxylic acids is 2. The van der Waals surface area contributed by atoms with Crippen molar-refractivity contribution in [2.24, 2.45) is 0 Å². The molecule has 0 heterocycles. The Morgan fingerprint density at radius 3 is 2.00 bits per heavy atom. The first kappa shape index (κ1) is 20.7. The number of carbonyl (C=O) groups is 2. The van der Waals surface area contributed by atoms with Gasteiger partial charge in [-0.1, -0.05) is 59.3 Å². The van der Waals surface area contributed by atoms with Gasteiger partial charge in [0, 0.05) is 12.2 Å². The first-order valence-corrected chi connectivity index (χ1v) is 8.69. The van der Waals surface area contributed by atoms with E-state index in [2.05, 4.69) is 20.8 Å². The van der Waals surface area contributed by atoms with Crippen LogP contribution in [0.2, 0.25) is 0 Å². The third-order valence-electron chi connectivity index (χ3n) is 3.35. The van der Waals surface area contributed by atoms with Gasteiger partial charge in [0.25, 0.3) is 0 Å². The van der Waals surface area contributed by atoms with E-state index in [4.69, 9.17) is 9.47 Å². The highest BCUT2D eigenvalue weighted by Crippen LogP contribution is 2.09. The molecule has 0 rings (SSSR count). The predicted octanol–water partition coefficient (Wildman–Crippen LogP) is 4.57. The smallest absolute Gasteiger partial charge is 0.331 e. The predicted molar refractivity (Wildman–Crippen MR) is 88.6 cm³/mol. The van der Waals surface area contributed by atoms with E-state index >= 15 is 0 Å². The number of unbranched alkanes of at least 4 members (excludes halogenated alkanes) is 4. The van der Waals surface area contributed by atoms with E-state index in [9.17, 15) is 9.59 Å². The van der Waals surface area contributed by atoms with Crippen LogP contribution < -0.4 is 0 Å². The van der Waals surface area contributed by atoms with Gasteiger partial charge in [0.05, 0.1) is 6.61 Å². The Balaban J connectivity index is 3.87. The van der Waals surface area contributed by atoms with E-state index in [-0.39, 0.29) is 6.10 Å². The lowest BCUT2D eigenvalue weighted by molar-refractivity contribution is -0.144. The summed E-state index contributed by atoms with van der Waals surface area (Å²) in [5, 5.41) is 0. The molecule has 0 aromatic carbocycles. The molecule has 0 saturated carbocycles. The second-order valence-corrected chi connectivity index (χ2v) is 5.55. The van der Waals surface area contributed by atoms with Gasteiger partial charge >= 0.3 is 11.9 Å². The fourth-order valence-electron chi connectivity index (χ4n) is 2.17. The standard InChI is InChI=1S/C18H32O4/c1-4-7-8-9-10-15-21-17(19)13-14-18(20)22-16(11-5-2)12-6-3/h13-14,16H,4-12,15H2,1-3H3/b14-13+. The van der Waals surface area contributed by atoms with Crippen molar-refractivity contribution in [3.8, 4) is 0 Å². The van der Waals surface area contributed by atoms with Gasteiger partial charge in [-0.05, 0) is 19.3 Å². The van der Waals surface area contributed by atoms with E-state index in [1.165, 1.54) is 19.3 Å². The molecule has 0 atom stereocenters. The topological polar surface area (TPSA) is 52.6 Å². The van der Waals surface area contributed by atoms with Crippen LogP contribution in [0.4, 0.5) is 0 Å². The molecule has 0 spiro atoms. The van der Waals surface area contributed by atoms with E-state index in [1.54, 1.807) is 0 Å². The Morgan fingerprint density at radius 2 is 1.41 bits per heavy atom. The van der Waals surface area contributed by atoms with Gasteiger partial charge in [0.15, 0.2) is 0 Å². The summed E-state index contributed by atoms with van der Waals surface area (Å²) in [4.78, 5) is 23.1. The fraction of sp³-hybridized carbons (Fsp3) is 0.778. The highest BCUT2D eigenvalue weighted by atomic mass is 16.5. The molecule has 0 aliphatic heterocycles. The summed E-state index contributed by atoms with van der Waals surface area (Å²) in [7, 11) is 0. The van der Waals surface area contributed by atoms with Crippen molar-refractivity contribution in [1.82, 2.24) is 0 Å². The van der Waals surface area contributed by atoms with E-state index in [0.29, 0.717) is 6.61 Å². The summed E-state index contributed by atoms with van der Waals surface area (Å²) in [6.07, 6.45) is 11.5. The molecule has 0 aliphatic carbocycles. The zero-order valence-corrected chi connectivity index (χ0v) is 14.4. The van der Waals surface area contributed by atoms with Crippen molar-refractivity contribution in [2.45, 2.75) is 84.7 Å². The van der Waals surface area contributed by atoms with Gasteiger partial charge in [-0.15, -0.1) is 0 Å². The van der Waals surface area contributed by atoms with Crippen molar-refractivity contribution in [1.29, 1.82) is 0 Å². The lowest BCUT2D eigenvalue weighted by Crippen LogP contribution is -2.16. The highest BCUT2D eigenvalue weighted by Gasteiger charge is 2.11. The van der Waals surface area contributed by atoms with Crippen molar-refractivity contribution in [3.63, 3.8) is 0 Å². The lowest BCUT2D eigenvalue weighted by Gasteiger charge is -2.14. The molecule has 0 aliphatic rings. The molecular formula is C18H32O4. The number of ether oxygens (including phenoxy) is 2. The third-order valence-corrected chi connectivity index (χ3v) is 3.35. The minimum Gasteiger partial charge on any atom is -0.463 e. The lowest BCUT2D eigenvalue weighted by atomic mass is 10.1. The Bertz CT molecular complexity index is 317. The van der Waals surface area contributed by atoms with Gasteiger partial charge in [-0.25, -0.2) is 9.59 Å². The van der Waals surface area contributed by atoms with Gasteiger partial charge in [-0.3, -0.25) is 0 Å². The van der Waals surface area contributed by atoms with Crippen LogP contribution in [-0.2, 0) is 19.1 Å². The SMILES string of the molecule is CCCCCCCOC(=O)/C=C/C(=O)OC(CCC)CCC. The van der Waals surface area contributed by atoms with Crippen LogP contribution in [-0.4, -0.2) is 24.6 Å². The van der Waals surface area contributed by atoms with Crippen LogP contribution in [0.3, 0.4) is 0 Å². The number of hydrogen-bond donors (Lipinski definition) is 0. The maximum absolute atomic E-state index is 11.6. The van der Waals surface area contributed by atoms with Gasteiger partial charge in [0.2, 0.25) is 0 Å². The molecule has 4 heteroatoms. The Hall–Kier alpha value is -1.32. The molecule has 0 unspecified atom stereocenters. The molecule has 0 fully saturated rings. The summed E-state index contributed by atoms with van der Waals surface area (Å²) in [5.41, 5.74) is 0. The van der Waals surface area contributed by atoms with Crippen LogP contribution >= 0.6 is 0 Å². The number of rotatable bonds is 13. The van der Waals surface area contributed by atoms with Crippen LogP contribution in [0.1, 0.15) is 78.6 Å². The minimum absolute atomic E-state index is 0.0539. The highest BCUT2D eigenvalue weighted by molar-refractivity contribution is 5.91. The average Bonchev–Trinajstić information content (AvgIpc) is 2.49. The second-order valence-electron chi connectivity index (χ2n) is 5.55. The monoisotopic (exact) mass is 312 g/mol. The van der Waals surface area contributed by atoms with Crippen molar-refractivity contribution in [3.05, 3.63) is 12.2 Å². The van der Waals surface area contributed by atoms with Crippen molar-refractivity contribution < 1.29 is 19.1 Å². The zero-order valence-electron chi connectivity index (χ0n) is 14.4. The van der Waals surface area contributed by atoms with E-state index in [1.807, 2.05) is 0 Å². The molecule has 0 N–H and O–H groups in total. The molecular weight excluding hydrogens is 280 g/mol. The van der Waals surface area contributed by atoms with Crippen molar-refractivity contribution in [2.75, 3.05) is 6.61 Å². The largest absolute Gasteiger partial charge is 0.463 e. The summed E-state index contributed by atoms with van der Waals surface area (Å²) in [6.45, 7) is 6.69. The zero-order chi connectivity index (χ0) is 16.6. The molecule has 0 amide bonds. The van der Waals surface area contributed by atoms with Crippen LogP contribution in [0.5, 0.6) is 0 Å². The van der Waals surface area contributed by atoms with E-state index in [0.717, 1.165) is 50.7 Å².